The molecule has 0 radical (unpaired) electrons. The molecule has 14 heavy (non-hydrogen) atoms. The maximum Gasteiger partial charge on any atom is 0.315 e. The summed E-state index contributed by atoms with van der Waals surface area (Å²) in [5.74, 6) is 0. The van der Waals surface area contributed by atoms with Gasteiger partial charge >= 0.3 is 6.03 Å². The molecular weight excluding hydrogens is 178 g/mol. The maximum atomic E-state index is 11.3. The summed E-state index contributed by atoms with van der Waals surface area (Å²) in [7, 11) is 4.07. The Morgan fingerprint density at radius 1 is 1.43 bits per heavy atom. The zero-order chi connectivity index (χ0) is 10.4. The van der Waals surface area contributed by atoms with Gasteiger partial charge in [-0.05, 0) is 46.3 Å². The lowest BCUT2D eigenvalue weighted by Gasteiger charge is -2.26. The largest absolute Gasteiger partial charge is 0.338 e. The second-order valence-corrected chi connectivity index (χ2v) is 4.18. The first kappa shape index (κ1) is 11.3. The summed E-state index contributed by atoms with van der Waals surface area (Å²) >= 11 is 0. The monoisotopic (exact) mass is 199 g/mol. The average molecular weight is 199 g/mol. The molecule has 0 aromatic heterocycles. The van der Waals surface area contributed by atoms with Gasteiger partial charge in [-0.3, -0.25) is 0 Å². The number of urea groups is 1. The second kappa shape index (κ2) is 5.86. The van der Waals surface area contributed by atoms with E-state index in [2.05, 4.69) is 15.5 Å². The smallest absolute Gasteiger partial charge is 0.315 e. The molecule has 4 heteroatoms. The highest BCUT2D eigenvalue weighted by molar-refractivity contribution is 5.74. The van der Waals surface area contributed by atoms with Crippen molar-refractivity contribution in [2.24, 2.45) is 0 Å². The standard InChI is InChI=1S/C10H21N3O/c1-13(2)8-4-7-11-10(14)12-9-5-3-6-9/h9H,3-8H2,1-2H3,(H2,11,12,14). The minimum absolute atomic E-state index is 0.00606. The van der Waals surface area contributed by atoms with E-state index in [1.54, 1.807) is 0 Å². The number of hydrogen-bond donors (Lipinski definition) is 2. The van der Waals surface area contributed by atoms with Crippen molar-refractivity contribution >= 4 is 6.03 Å². The number of rotatable bonds is 5. The molecule has 1 aliphatic carbocycles. The van der Waals surface area contributed by atoms with E-state index >= 15 is 0 Å². The van der Waals surface area contributed by atoms with Crippen LogP contribution in [0.3, 0.4) is 0 Å². The first-order valence-electron chi connectivity index (χ1n) is 5.37. The first-order valence-corrected chi connectivity index (χ1v) is 5.37. The molecule has 2 N–H and O–H groups in total. The quantitative estimate of drug-likeness (QED) is 0.643. The minimum Gasteiger partial charge on any atom is -0.338 e. The van der Waals surface area contributed by atoms with Crippen LogP contribution in [0.1, 0.15) is 25.7 Å². The highest BCUT2D eigenvalue weighted by Crippen LogP contribution is 2.17. The summed E-state index contributed by atoms with van der Waals surface area (Å²) in [5.41, 5.74) is 0. The van der Waals surface area contributed by atoms with Crippen molar-refractivity contribution in [1.82, 2.24) is 15.5 Å². The highest BCUT2D eigenvalue weighted by atomic mass is 16.2. The van der Waals surface area contributed by atoms with Gasteiger partial charge in [0.05, 0.1) is 0 Å². The Balaban J connectivity index is 1.92. The van der Waals surface area contributed by atoms with Gasteiger partial charge in [-0.15, -0.1) is 0 Å². The Morgan fingerprint density at radius 2 is 2.14 bits per heavy atom. The van der Waals surface area contributed by atoms with Gasteiger partial charge in [-0.25, -0.2) is 4.79 Å². The lowest BCUT2D eigenvalue weighted by molar-refractivity contribution is 0.228. The van der Waals surface area contributed by atoms with Crippen LogP contribution in [0.4, 0.5) is 4.79 Å². The van der Waals surface area contributed by atoms with Crippen LogP contribution in [-0.4, -0.2) is 44.2 Å². The molecule has 0 atom stereocenters. The van der Waals surface area contributed by atoms with E-state index in [-0.39, 0.29) is 6.03 Å². The number of hydrogen-bond acceptors (Lipinski definition) is 2. The Bertz CT molecular complexity index is 178. The normalized spacial score (nSPS) is 16.5. The molecule has 82 valence electrons. The summed E-state index contributed by atoms with van der Waals surface area (Å²) in [6, 6.07) is 0.428. The van der Waals surface area contributed by atoms with Crippen LogP contribution >= 0.6 is 0 Å². The van der Waals surface area contributed by atoms with E-state index in [0.717, 1.165) is 32.4 Å². The summed E-state index contributed by atoms with van der Waals surface area (Å²) in [6.45, 7) is 1.78. The molecule has 2 amide bonds. The van der Waals surface area contributed by atoms with Gasteiger partial charge < -0.3 is 15.5 Å². The number of nitrogens with one attached hydrogen (secondary N) is 2. The van der Waals surface area contributed by atoms with Gasteiger partial charge in [-0.2, -0.15) is 0 Å². The van der Waals surface area contributed by atoms with Crippen molar-refractivity contribution in [2.75, 3.05) is 27.2 Å². The van der Waals surface area contributed by atoms with Gasteiger partial charge in [0.2, 0.25) is 0 Å². The van der Waals surface area contributed by atoms with Crippen molar-refractivity contribution in [3.05, 3.63) is 0 Å². The molecule has 0 spiro atoms. The molecule has 4 nitrogen and oxygen atoms in total. The fraction of sp³-hybridized carbons (Fsp3) is 0.900. The number of carbonyl (C=O) groups excluding carboxylic acids is 1. The van der Waals surface area contributed by atoms with Gasteiger partial charge in [0.25, 0.3) is 0 Å². The van der Waals surface area contributed by atoms with Gasteiger partial charge in [-0.1, -0.05) is 0 Å². The maximum absolute atomic E-state index is 11.3. The van der Waals surface area contributed by atoms with E-state index in [4.69, 9.17) is 0 Å². The molecular formula is C10H21N3O. The molecule has 1 fully saturated rings. The first-order chi connectivity index (χ1) is 6.68. The van der Waals surface area contributed by atoms with Crippen LogP contribution in [0.25, 0.3) is 0 Å². The van der Waals surface area contributed by atoms with Crippen LogP contribution in [0, 0.1) is 0 Å². The fourth-order valence-corrected chi connectivity index (χ4v) is 1.39. The summed E-state index contributed by atoms with van der Waals surface area (Å²) < 4.78 is 0. The molecule has 1 aliphatic rings. The topological polar surface area (TPSA) is 44.4 Å². The van der Waals surface area contributed by atoms with Crippen molar-refractivity contribution in [2.45, 2.75) is 31.7 Å². The zero-order valence-corrected chi connectivity index (χ0v) is 9.18. The Morgan fingerprint density at radius 3 is 2.64 bits per heavy atom. The van der Waals surface area contributed by atoms with Crippen LogP contribution in [-0.2, 0) is 0 Å². The number of nitrogens with zero attached hydrogens (tertiary/aromatic N) is 1. The Kier molecular flexibility index (Phi) is 4.73. The molecule has 0 unspecified atom stereocenters. The molecule has 0 bridgehead atoms. The minimum atomic E-state index is -0.00606. The Hall–Kier alpha value is -0.770. The van der Waals surface area contributed by atoms with Crippen LogP contribution < -0.4 is 10.6 Å². The van der Waals surface area contributed by atoms with Gasteiger partial charge in [0.1, 0.15) is 0 Å². The van der Waals surface area contributed by atoms with E-state index < -0.39 is 0 Å². The molecule has 0 aliphatic heterocycles. The SMILES string of the molecule is CN(C)CCCNC(=O)NC1CCC1. The summed E-state index contributed by atoms with van der Waals surface area (Å²) in [6.07, 6.45) is 4.55. The van der Waals surface area contributed by atoms with Crippen molar-refractivity contribution in [3.63, 3.8) is 0 Å². The van der Waals surface area contributed by atoms with E-state index in [1.807, 2.05) is 14.1 Å². The average Bonchev–Trinajstić information content (AvgIpc) is 2.05. The highest BCUT2D eigenvalue weighted by Gasteiger charge is 2.18. The van der Waals surface area contributed by atoms with Crippen molar-refractivity contribution in [1.29, 1.82) is 0 Å². The van der Waals surface area contributed by atoms with Gasteiger partial charge in [0, 0.05) is 12.6 Å². The summed E-state index contributed by atoms with van der Waals surface area (Å²) in [4.78, 5) is 13.4. The summed E-state index contributed by atoms with van der Waals surface area (Å²) in [5, 5.41) is 5.80. The van der Waals surface area contributed by atoms with E-state index in [9.17, 15) is 4.79 Å². The molecule has 1 saturated carbocycles. The third kappa shape index (κ3) is 4.46. The van der Waals surface area contributed by atoms with Crippen molar-refractivity contribution in [3.8, 4) is 0 Å². The second-order valence-electron chi connectivity index (χ2n) is 4.18. The molecule has 0 aromatic rings. The zero-order valence-electron chi connectivity index (χ0n) is 9.18. The van der Waals surface area contributed by atoms with E-state index in [1.165, 1.54) is 6.42 Å². The molecule has 1 rings (SSSR count). The van der Waals surface area contributed by atoms with E-state index in [0.29, 0.717) is 6.04 Å². The lowest BCUT2D eigenvalue weighted by atomic mass is 9.93. The van der Waals surface area contributed by atoms with Crippen LogP contribution in [0.5, 0.6) is 0 Å². The third-order valence-electron chi connectivity index (χ3n) is 2.51. The lowest BCUT2D eigenvalue weighted by Crippen LogP contribution is -2.45. The predicted molar refractivity (Wildman–Crippen MR) is 57.3 cm³/mol. The predicted octanol–water partition coefficient (Wildman–Crippen LogP) is 0.790. The molecule has 0 heterocycles. The van der Waals surface area contributed by atoms with Crippen molar-refractivity contribution < 1.29 is 4.79 Å². The molecule has 0 saturated heterocycles. The molecule has 0 aromatic carbocycles. The number of amides is 2. The third-order valence-corrected chi connectivity index (χ3v) is 2.51. The number of carbonyl (C=O) groups is 1. The van der Waals surface area contributed by atoms with Crippen LogP contribution in [0.15, 0.2) is 0 Å². The Labute approximate surface area is 86.0 Å². The van der Waals surface area contributed by atoms with Crippen LogP contribution in [0.2, 0.25) is 0 Å². The van der Waals surface area contributed by atoms with Gasteiger partial charge in [0.15, 0.2) is 0 Å². The fourth-order valence-electron chi connectivity index (χ4n) is 1.39.